The van der Waals surface area contributed by atoms with E-state index in [0.29, 0.717) is 46.2 Å². The largest absolute Gasteiger partial charge is 0.493 e. The van der Waals surface area contributed by atoms with Crippen LogP contribution in [-0.2, 0) is 9.59 Å². The fraction of sp³-hybridized carbons (Fsp3) is 0.433. The Balaban J connectivity index is 1.82. The van der Waals surface area contributed by atoms with E-state index in [1.54, 1.807) is 24.3 Å². The lowest BCUT2D eigenvalue weighted by Crippen LogP contribution is -2.54. The van der Waals surface area contributed by atoms with E-state index >= 15 is 0 Å². The highest BCUT2D eigenvalue weighted by Gasteiger charge is 2.37. The average molecular weight is 618 g/mol. The predicted octanol–water partition coefficient (Wildman–Crippen LogP) is 6.66. The van der Waals surface area contributed by atoms with Crippen molar-refractivity contribution in [3.05, 3.63) is 45.9 Å². The second kappa shape index (κ2) is 15.3. The van der Waals surface area contributed by atoms with Crippen molar-refractivity contribution < 1.29 is 33.3 Å². The number of carbonyl (C=O) groups is 3. The highest BCUT2D eigenvalue weighted by Crippen LogP contribution is 2.38. The van der Waals surface area contributed by atoms with E-state index in [2.05, 4.69) is 28.2 Å². The van der Waals surface area contributed by atoms with Crippen molar-refractivity contribution in [1.82, 2.24) is 5.32 Å². The predicted molar refractivity (Wildman–Crippen MR) is 157 cm³/mol. The van der Waals surface area contributed by atoms with Crippen molar-refractivity contribution in [3.63, 3.8) is 0 Å². The van der Waals surface area contributed by atoms with Gasteiger partial charge in [0.05, 0.1) is 37.6 Å². The first-order valence-electron chi connectivity index (χ1n) is 13.6. The fourth-order valence-corrected chi connectivity index (χ4v) is 4.78. The third-order valence-electron chi connectivity index (χ3n) is 6.28. The van der Waals surface area contributed by atoms with Gasteiger partial charge in [0.15, 0.2) is 23.0 Å². The van der Waals surface area contributed by atoms with E-state index in [1.165, 1.54) is 52.0 Å². The van der Waals surface area contributed by atoms with Gasteiger partial charge in [-0.05, 0) is 64.7 Å². The summed E-state index contributed by atoms with van der Waals surface area (Å²) in [6.07, 6.45) is 9.12. The molecule has 1 aliphatic rings. The zero-order valence-electron chi connectivity index (χ0n) is 23.5. The van der Waals surface area contributed by atoms with Gasteiger partial charge in [-0.1, -0.05) is 46.0 Å². The molecule has 1 heterocycles. The van der Waals surface area contributed by atoms with E-state index in [4.69, 9.17) is 18.9 Å². The molecule has 1 aliphatic heterocycles. The van der Waals surface area contributed by atoms with Gasteiger partial charge in [-0.3, -0.25) is 14.9 Å². The highest BCUT2D eigenvalue weighted by molar-refractivity contribution is 9.10. The zero-order valence-corrected chi connectivity index (χ0v) is 25.1. The van der Waals surface area contributed by atoms with Crippen molar-refractivity contribution in [1.29, 1.82) is 0 Å². The van der Waals surface area contributed by atoms with Crippen LogP contribution in [0.2, 0.25) is 0 Å². The maximum atomic E-state index is 13.4. The Morgan fingerprint density at radius 1 is 0.825 bits per heavy atom. The van der Waals surface area contributed by atoms with Crippen molar-refractivity contribution in [2.24, 2.45) is 0 Å². The normalized spacial score (nSPS) is 14.4. The zero-order chi connectivity index (χ0) is 29.1. The van der Waals surface area contributed by atoms with Crippen LogP contribution >= 0.6 is 15.9 Å². The maximum Gasteiger partial charge on any atom is 0.335 e. The van der Waals surface area contributed by atoms with E-state index in [0.717, 1.165) is 24.2 Å². The summed E-state index contributed by atoms with van der Waals surface area (Å²) in [5, 5.41) is 2.24. The molecular formula is C30H37BrN2O7. The summed E-state index contributed by atoms with van der Waals surface area (Å²) in [4.78, 5) is 39.7. The number of nitrogens with one attached hydrogen (secondary N) is 1. The van der Waals surface area contributed by atoms with Crippen LogP contribution in [0, 0.1) is 0 Å². The van der Waals surface area contributed by atoms with Gasteiger partial charge < -0.3 is 18.9 Å². The highest BCUT2D eigenvalue weighted by atomic mass is 79.9. The molecule has 3 rings (SSSR count). The average Bonchev–Trinajstić information content (AvgIpc) is 2.94. The number of imide groups is 2. The summed E-state index contributed by atoms with van der Waals surface area (Å²) in [7, 11) is 2.99. The lowest BCUT2D eigenvalue weighted by Gasteiger charge is -2.27. The fourth-order valence-electron chi connectivity index (χ4n) is 4.21. The van der Waals surface area contributed by atoms with Crippen molar-refractivity contribution in [2.45, 2.75) is 58.8 Å². The standard InChI is InChI=1S/C30H37BrN2O7/c1-5-7-8-9-10-11-15-40-27-23(31)17-20(18-26(27)38-4)16-22-28(34)32-30(36)33(29(22)35)21-12-13-24(39-14-6-2)25(19-21)37-3/h12-13,16-19H,5-11,14-15H2,1-4H3,(H,32,34,36)/b22-16-. The Morgan fingerprint density at radius 2 is 1.55 bits per heavy atom. The molecule has 0 aromatic heterocycles. The topological polar surface area (TPSA) is 103 Å². The summed E-state index contributed by atoms with van der Waals surface area (Å²) >= 11 is 3.53. The van der Waals surface area contributed by atoms with Crippen LogP contribution in [0.15, 0.2) is 40.4 Å². The monoisotopic (exact) mass is 616 g/mol. The number of urea groups is 1. The Kier molecular flexibility index (Phi) is 11.9. The van der Waals surface area contributed by atoms with Crippen molar-refractivity contribution in [2.75, 3.05) is 32.3 Å². The number of anilines is 1. The van der Waals surface area contributed by atoms with Crippen molar-refractivity contribution in [3.8, 4) is 23.0 Å². The summed E-state index contributed by atoms with van der Waals surface area (Å²) in [6, 6.07) is 7.26. The molecule has 0 aliphatic carbocycles. The number of barbiturate groups is 1. The summed E-state index contributed by atoms with van der Waals surface area (Å²) in [5.41, 5.74) is 0.544. The van der Waals surface area contributed by atoms with Crippen LogP contribution in [0.25, 0.3) is 6.08 Å². The molecule has 10 heteroatoms. The molecule has 2 aromatic rings. The Bertz CT molecular complexity index is 1240. The molecule has 0 spiro atoms. The molecule has 216 valence electrons. The number of methoxy groups -OCH3 is 2. The first-order valence-corrected chi connectivity index (χ1v) is 14.4. The first-order chi connectivity index (χ1) is 19.3. The molecule has 0 atom stereocenters. The van der Waals surface area contributed by atoms with Gasteiger partial charge >= 0.3 is 6.03 Å². The van der Waals surface area contributed by atoms with E-state index in [-0.39, 0.29) is 11.3 Å². The Morgan fingerprint density at radius 3 is 2.25 bits per heavy atom. The SMILES string of the molecule is CCCCCCCCOc1c(Br)cc(/C=C2/C(=O)NC(=O)N(c3ccc(OCCC)c(OC)c3)C2=O)cc1OC. The number of hydrogen-bond donors (Lipinski definition) is 1. The van der Waals surface area contributed by atoms with Crippen LogP contribution in [0.1, 0.15) is 64.4 Å². The Hall–Kier alpha value is -3.53. The van der Waals surface area contributed by atoms with Gasteiger partial charge in [-0.15, -0.1) is 0 Å². The summed E-state index contributed by atoms with van der Waals surface area (Å²) < 4.78 is 23.2. The number of hydrogen-bond acceptors (Lipinski definition) is 7. The molecule has 9 nitrogen and oxygen atoms in total. The summed E-state index contributed by atoms with van der Waals surface area (Å²) in [6.45, 7) is 5.21. The van der Waals surface area contributed by atoms with Crippen LogP contribution < -0.4 is 29.2 Å². The van der Waals surface area contributed by atoms with E-state index in [9.17, 15) is 14.4 Å². The van der Waals surface area contributed by atoms with Gasteiger partial charge in [0.25, 0.3) is 11.8 Å². The Labute approximate surface area is 243 Å². The molecule has 0 unspecified atom stereocenters. The van der Waals surface area contributed by atoms with Gasteiger partial charge in [-0.2, -0.15) is 0 Å². The lowest BCUT2D eigenvalue weighted by atomic mass is 10.1. The minimum atomic E-state index is -0.853. The first kappa shape index (κ1) is 31.0. The van der Waals surface area contributed by atoms with Gasteiger partial charge in [-0.25, -0.2) is 9.69 Å². The number of unbranched alkanes of at least 4 members (excludes halogenated alkanes) is 5. The third-order valence-corrected chi connectivity index (χ3v) is 6.86. The number of ether oxygens (including phenoxy) is 4. The number of carbonyl (C=O) groups excluding carboxylic acids is 3. The molecule has 0 radical (unpaired) electrons. The molecule has 1 N–H and O–H groups in total. The van der Waals surface area contributed by atoms with E-state index < -0.39 is 17.8 Å². The second-order valence-electron chi connectivity index (χ2n) is 9.29. The van der Waals surface area contributed by atoms with Gasteiger partial charge in [0.2, 0.25) is 0 Å². The smallest absolute Gasteiger partial charge is 0.335 e. The second-order valence-corrected chi connectivity index (χ2v) is 10.1. The molecule has 40 heavy (non-hydrogen) atoms. The molecule has 1 saturated heterocycles. The van der Waals surface area contributed by atoms with Crippen LogP contribution in [0.4, 0.5) is 10.5 Å². The van der Waals surface area contributed by atoms with Crippen LogP contribution in [-0.4, -0.2) is 45.3 Å². The van der Waals surface area contributed by atoms with Gasteiger partial charge in [0.1, 0.15) is 5.57 Å². The van der Waals surface area contributed by atoms with Gasteiger partial charge in [0, 0.05) is 6.07 Å². The number of halogens is 1. The van der Waals surface area contributed by atoms with Crippen LogP contribution in [0.5, 0.6) is 23.0 Å². The number of rotatable bonds is 15. The van der Waals surface area contributed by atoms with Crippen molar-refractivity contribution >= 4 is 45.5 Å². The maximum absolute atomic E-state index is 13.4. The van der Waals surface area contributed by atoms with Crippen LogP contribution in [0.3, 0.4) is 0 Å². The minimum absolute atomic E-state index is 0.209. The van der Waals surface area contributed by atoms with E-state index in [1.807, 2.05) is 6.92 Å². The molecule has 0 bridgehead atoms. The quantitative estimate of drug-likeness (QED) is 0.135. The number of nitrogens with zero attached hydrogens (tertiary/aromatic N) is 1. The minimum Gasteiger partial charge on any atom is -0.493 e. The summed E-state index contributed by atoms with van der Waals surface area (Å²) in [5.74, 6) is 0.291. The lowest BCUT2D eigenvalue weighted by molar-refractivity contribution is -0.122. The number of benzene rings is 2. The molecule has 2 aromatic carbocycles. The molecule has 0 saturated carbocycles. The number of amides is 4. The molecule has 1 fully saturated rings. The molecule has 4 amide bonds. The third kappa shape index (κ3) is 7.78. The molecular weight excluding hydrogens is 580 g/mol.